The summed E-state index contributed by atoms with van der Waals surface area (Å²) >= 11 is 0. The number of anilines is 2. The molecule has 0 atom stereocenters. The molecule has 3 aromatic rings. The highest BCUT2D eigenvalue weighted by molar-refractivity contribution is 6.10. The highest BCUT2D eigenvalue weighted by atomic mass is 19.1. The summed E-state index contributed by atoms with van der Waals surface area (Å²) in [5.74, 6) is -1.54. The summed E-state index contributed by atoms with van der Waals surface area (Å²) in [6, 6.07) is 18.7. The number of halogens is 1. The Morgan fingerprint density at radius 2 is 1.56 bits per heavy atom. The molecule has 3 rings (SSSR count). The quantitative estimate of drug-likeness (QED) is 0.524. The van der Waals surface area contributed by atoms with Gasteiger partial charge < -0.3 is 20.1 Å². The molecule has 32 heavy (non-hydrogen) atoms. The number of carbonyl (C=O) groups is 3. The van der Waals surface area contributed by atoms with E-state index in [4.69, 9.17) is 9.47 Å². The van der Waals surface area contributed by atoms with Crippen LogP contribution in [-0.4, -0.2) is 31.5 Å². The predicted molar refractivity (Wildman–Crippen MR) is 117 cm³/mol. The van der Waals surface area contributed by atoms with E-state index in [0.29, 0.717) is 17.0 Å². The minimum Gasteiger partial charge on any atom is -0.496 e. The number of ether oxygens (including phenoxy) is 2. The number of methoxy groups -OCH3 is 1. The fraction of sp³-hybridized carbons (Fsp3) is 0.125. The summed E-state index contributed by atoms with van der Waals surface area (Å²) in [4.78, 5) is 36.9. The van der Waals surface area contributed by atoms with Gasteiger partial charge in [0.1, 0.15) is 11.6 Å². The number of nitrogens with one attached hydrogen (secondary N) is 2. The highest BCUT2D eigenvalue weighted by Crippen LogP contribution is 2.19. The Kier molecular flexibility index (Phi) is 7.53. The van der Waals surface area contributed by atoms with Crippen molar-refractivity contribution in [1.29, 1.82) is 0 Å². The first-order valence-corrected chi connectivity index (χ1v) is 9.69. The third kappa shape index (κ3) is 6.15. The first kappa shape index (κ1) is 22.5. The average Bonchev–Trinajstić information content (AvgIpc) is 2.80. The van der Waals surface area contributed by atoms with E-state index in [9.17, 15) is 18.8 Å². The monoisotopic (exact) mass is 436 g/mol. The lowest BCUT2D eigenvalue weighted by molar-refractivity contribution is -0.146. The highest BCUT2D eigenvalue weighted by Gasteiger charge is 2.15. The Balaban J connectivity index is 1.57. The summed E-state index contributed by atoms with van der Waals surface area (Å²) in [6.45, 7) is -0.512. The van der Waals surface area contributed by atoms with Gasteiger partial charge >= 0.3 is 5.97 Å². The average molecular weight is 436 g/mol. The van der Waals surface area contributed by atoms with Crippen LogP contribution in [0.5, 0.6) is 5.75 Å². The molecule has 3 aromatic carbocycles. The maximum Gasteiger partial charge on any atom is 0.310 e. The molecule has 2 amide bonds. The standard InChI is InChI=1S/C24H21FN2O5/c1-31-21-9-5-2-6-16(21)14-23(29)32-15-22(28)27-20-8-4-3-7-19(20)24(30)26-18-12-10-17(25)11-13-18/h2-13H,14-15H2,1H3,(H,26,30)(H,27,28). The van der Waals surface area contributed by atoms with Crippen molar-refractivity contribution in [3.63, 3.8) is 0 Å². The number of rotatable bonds is 8. The lowest BCUT2D eigenvalue weighted by Crippen LogP contribution is -2.23. The molecule has 0 radical (unpaired) electrons. The number of hydrogen-bond donors (Lipinski definition) is 2. The van der Waals surface area contributed by atoms with Crippen LogP contribution in [-0.2, 0) is 20.7 Å². The van der Waals surface area contributed by atoms with Crippen molar-refractivity contribution in [2.45, 2.75) is 6.42 Å². The zero-order valence-electron chi connectivity index (χ0n) is 17.3. The lowest BCUT2D eigenvalue weighted by atomic mass is 10.1. The maximum atomic E-state index is 13.0. The summed E-state index contributed by atoms with van der Waals surface area (Å²) in [6.07, 6.45) is -0.0477. The van der Waals surface area contributed by atoms with Crippen LogP contribution < -0.4 is 15.4 Å². The summed E-state index contributed by atoms with van der Waals surface area (Å²) < 4.78 is 23.3. The molecule has 0 spiro atoms. The second kappa shape index (κ2) is 10.7. The topological polar surface area (TPSA) is 93.7 Å². The molecule has 2 N–H and O–H groups in total. The zero-order valence-corrected chi connectivity index (χ0v) is 17.3. The Hall–Kier alpha value is -4.20. The number of hydrogen-bond acceptors (Lipinski definition) is 5. The van der Waals surface area contributed by atoms with Gasteiger partial charge in [0.05, 0.1) is 24.8 Å². The van der Waals surface area contributed by atoms with Crippen molar-refractivity contribution in [3.8, 4) is 5.75 Å². The SMILES string of the molecule is COc1ccccc1CC(=O)OCC(=O)Nc1ccccc1C(=O)Nc1ccc(F)cc1. The van der Waals surface area contributed by atoms with E-state index in [2.05, 4.69) is 10.6 Å². The molecule has 0 bridgehead atoms. The van der Waals surface area contributed by atoms with Crippen molar-refractivity contribution < 1.29 is 28.2 Å². The van der Waals surface area contributed by atoms with Gasteiger partial charge in [-0.3, -0.25) is 14.4 Å². The van der Waals surface area contributed by atoms with E-state index in [1.54, 1.807) is 42.5 Å². The normalized spacial score (nSPS) is 10.2. The van der Waals surface area contributed by atoms with Crippen LogP contribution in [0.1, 0.15) is 15.9 Å². The van der Waals surface area contributed by atoms with E-state index in [1.165, 1.54) is 37.4 Å². The first-order valence-electron chi connectivity index (χ1n) is 9.69. The number of amides is 2. The van der Waals surface area contributed by atoms with Gasteiger partial charge in [0.25, 0.3) is 11.8 Å². The molecule has 0 aromatic heterocycles. The van der Waals surface area contributed by atoms with Gasteiger partial charge in [-0.15, -0.1) is 0 Å². The fourth-order valence-corrected chi connectivity index (χ4v) is 2.91. The fourth-order valence-electron chi connectivity index (χ4n) is 2.91. The largest absolute Gasteiger partial charge is 0.496 e. The molecule has 0 aliphatic heterocycles. The Morgan fingerprint density at radius 3 is 2.31 bits per heavy atom. The summed E-state index contributed by atoms with van der Waals surface area (Å²) in [7, 11) is 1.50. The summed E-state index contributed by atoms with van der Waals surface area (Å²) in [5, 5.41) is 5.20. The van der Waals surface area contributed by atoms with Gasteiger partial charge in [0, 0.05) is 11.3 Å². The van der Waals surface area contributed by atoms with Crippen molar-refractivity contribution in [2.75, 3.05) is 24.4 Å². The van der Waals surface area contributed by atoms with Gasteiger partial charge in [0.15, 0.2) is 6.61 Å². The molecule has 7 nitrogen and oxygen atoms in total. The second-order valence-corrected chi connectivity index (χ2v) is 6.70. The molecular weight excluding hydrogens is 415 g/mol. The van der Waals surface area contributed by atoms with E-state index in [-0.39, 0.29) is 17.7 Å². The van der Waals surface area contributed by atoms with Gasteiger partial charge in [-0.2, -0.15) is 0 Å². The van der Waals surface area contributed by atoms with Crippen molar-refractivity contribution in [1.82, 2.24) is 0 Å². The van der Waals surface area contributed by atoms with Crippen LogP contribution in [0.2, 0.25) is 0 Å². The molecule has 0 unspecified atom stereocenters. The molecule has 0 aliphatic rings. The van der Waals surface area contributed by atoms with Crippen LogP contribution in [0.3, 0.4) is 0 Å². The number of esters is 1. The van der Waals surface area contributed by atoms with Crippen LogP contribution in [0.4, 0.5) is 15.8 Å². The number of carbonyl (C=O) groups excluding carboxylic acids is 3. The molecule has 8 heteroatoms. The summed E-state index contributed by atoms with van der Waals surface area (Å²) in [5.41, 5.74) is 1.49. The second-order valence-electron chi connectivity index (χ2n) is 6.70. The predicted octanol–water partition coefficient (Wildman–Crippen LogP) is 3.81. The molecule has 0 heterocycles. The number of benzene rings is 3. The molecule has 0 saturated heterocycles. The molecule has 0 aliphatic carbocycles. The van der Waals surface area contributed by atoms with Crippen LogP contribution >= 0.6 is 0 Å². The third-order valence-electron chi connectivity index (χ3n) is 4.44. The van der Waals surface area contributed by atoms with E-state index in [0.717, 1.165) is 0 Å². The van der Waals surface area contributed by atoms with Gasteiger partial charge in [-0.05, 0) is 42.5 Å². The third-order valence-corrected chi connectivity index (χ3v) is 4.44. The Morgan fingerprint density at radius 1 is 0.875 bits per heavy atom. The van der Waals surface area contributed by atoms with Crippen LogP contribution in [0, 0.1) is 5.82 Å². The van der Waals surface area contributed by atoms with Gasteiger partial charge in [-0.25, -0.2) is 4.39 Å². The number of para-hydroxylation sites is 2. The lowest BCUT2D eigenvalue weighted by Gasteiger charge is -2.12. The van der Waals surface area contributed by atoms with Crippen LogP contribution in [0.25, 0.3) is 0 Å². The van der Waals surface area contributed by atoms with Crippen molar-refractivity contribution in [3.05, 3.63) is 89.7 Å². The van der Waals surface area contributed by atoms with E-state index in [1.807, 2.05) is 0 Å². The van der Waals surface area contributed by atoms with Gasteiger partial charge in [-0.1, -0.05) is 30.3 Å². The smallest absolute Gasteiger partial charge is 0.310 e. The molecule has 0 saturated carbocycles. The minimum atomic E-state index is -0.597. The minimum absolute atomic E-state index is 0.0477. The van der Waals surface area contributed by atoms with E-state index >= 15 is 0 Å². The molecular formula is C24H21FN2O5. The Bertz CT molecular complexity index is 1120. The molecule has 0 fully saturated rings. The van der Waals surface area contributed by atoms with Crippen molar-refractivity contribution >= 4 is 29.2 Å². The van der Waals surface area contributed by atoms with Crippen molar-refractivity contribution in [2.24, 2.45) is 0 Å². The first-order chi connectivity index (χ1) is 15.5. The maximum absolute atomic E-state index is 13.0. The van der Waals surface area contributed by atoms with Gasteiger partial charge in [0.2, 0.25) is 0 Å². The Labute approximate surface area is 184 Å². The molecule has 164 valence electrons. The van der Waals surface area contributed by atoms with E-state index < -0.39 is 30.2 Å². The van der Waals surface area contributed by atoms with Crippen LogP contribution in [0.15, 0.2) is 72.8 Å². The zero-order chi connectivity index (χ0) is 22.9.